The highest BCUT2D eigenvalue weighted by molar-refractivity contribution is 5.36. The lowest BCUT2D eigenvalue weighted by Gasteiger charge is -2.25. The molecule has 0 amide bonds. The van der Waals surface area contributed by atoms with Gasteiger partial charge in [0.2, 0.25) is 0 Å². The summed E-state index contributed by atoms with van der Waals surface area (Å²) >= 11 is 0. The van der Waals surface area contributed by atoms with Crippen molar-refractivity contribution in [3.8, 4) is 0 Å². The van der Waals surface area contributed by atoms with Gasteiger partial charge in [-0.2, -0.15) is 0 Å². The average Bonchev–Trinajstić information content (AvgIpc) is 2.83. The van der Waals surface area contributed by atoms with Crippen molar-refractivity contribution in [2.45, 2.75) is 51.0 Å². The lowest BCUT2D eigenvalue weighted by Crippen LogP contribution is -2.34. The molecule has 0 radical (unpaired) electrons. The Hall–Kier alpha value is -1.08. The molecular weight excluding hydrogens is 218 g/mol. The van der Waals surface area contributed by atoms with E-state index in [9.17, 15) is 0 Å². The third-order valence-corrected chi connectivity index (χ3v) is 4.00. The number of rotatable bonds is 7. The molecule has 0 heterocycles. The lowest BCUT2D eigenvalue weighted by atomic mass is 9.90. The highest BCUT2D eigenvalue weighted by Crippen LogP contribution is 2.36. The standard InChI is InChI=1S/C17H25N/c1-3-5-10-17(18-13-4-2)16-12-11-14-8-6-7-9-15(14)16/h3,6-9,16-18H,1,4-5,10-13H2,2H3. The van der Waals surface area contributed by atoms with Crippen LogP contribution in [0.2, 0.25) is 0 Å². The van der Waals surface area contributed by atoms with E-state index in [0.29, 0.717) is 12.0 Å². The van der Waals surface area contributed by atoms with E-state index < -0.39 is 0 Å². The second-order valence-electron chi connectivity index (χ2n) is 5.27. The molecule has 0 bridgehead atoms. The van der Waals surface area contributed by atoms with Crippen molar-refractivity contribution in [1.82, 2.24) is 5.32 Å². The minimum Gasteiger partial charge on any atom is -0.313 e. The van der Waals surface area contributed by atoms with Crippen LogP contribution in [0.4, 0.5) is 0 Å². The van der Waals surface area contributed by atoms with Crippen LogP contribution in [0.5, 0.6) is 0 Å². The van der Waals surface area contributed by atoms with E-state index in [0.717, 1.165) is 13.0 Å². The van der Waals surface area contributed by atoms with Crippen molar-refractivity contribution in [2.75, 3.05) is 6.54 Å². The Balaban J connectivity index is 2.08. The summed E-state index contributed by atoms with van der Waals surface area (Å²) in [5.41, 5.74) is 3.14. The molecule has 1 N–H and O–H groups in total. The van der Waals surface area contributed by atoms with Gasteiger partial charge in [-0.3, -0.25) is 0 Å². The molecule has 1 nitrogen and oxygen atoms in total. The molecule has 0 saturated carbocycles. The lowest BCUT2D eigenvalue weighted by molar-refractivity contribution is 0.407. The number of allylic oxidation sites excluding steroid dienone is 1. The van der Waals surface area contributed by atoms with Crippen molar-refractivity contribution in [1.29, 1.82) is 0 Å². The van der Waals surface area contributed by atoms with Gasteiger partial charge in [0.15, 0.2) is 0 Å². The summed E-state index contributed by atoms with van der Waals surface area (Å²) in [5.74, 6) is 0.702. The number of nitrogens with one attached hydrogen (secondary N) is 1. The fraction of sp³-hybridized carbons (Fsp3) is 0.529. The summed E-state index contributed by atoms with van der Waals surface area (Å²) in [6, 6.07) is 9.58. The van der Waals surface area contributed by atoms with Gasteiger partial charge in [0.25, 0.3) is 0 Å². The minimum absolute atomic E-state index is 0.617. The summed E-state index contributed by atoms with van der Waals surface area (Å²) < 4.78 is 0. The van der Waals surface area contributed by atoms with Crippen molar-refractivity contribution in [2.24, 2.45) is 0 Å². The first kappa shape index (κ1) is 13.4. The van der Waals surface area contributed by atoms with Crippen LogP contribution in [-0.4, -0.2) is 12.6 Å². The Bertz CT molecular complexity index is 383. The maximum Gasteiger partial charge on any atom is 0.0139 e. The van der Waals surface area contributed by atoms with E-state index in [4.69, 9.17) is 0 Å². The SMILES string of the molecule is C=CCCC(NCCC)C1CCc2ccccc21. The van der Waals surface area contributed by atoms with Gasteiger partial charge in [-0.25, -0.2) is 0 Å². The first-order chi connectivity index (χ1) is 8.86. The van der Waals surface area contributed by atoms with Crippen molar-refractivity contribution in [3.05, 3.63) is 48.0 Å². The number of hydrogen-bond acceptors (Lipinski definition) is 1. The van der Waals surface area contributed by atoms with Gasteiger partial charge in [0.05, 0.1) is 0 Å². The Kier molecular flexibility index (Phi) is 5.00. The van der Waals surface area contributed by atoms with Crippen molar-refractivity contribution < 1.29 is 0 Å². The minimum atomic E-state index is 0.617. The van der Waals surface area contributed by atoms with Gasteiger partial charge < -0.3 is 5.32 Å². The van der Waals surface area contributed by atoms with Crippen LogP contribution in [0.15, 0.2) is 36.9 Å². The highest BCUT2D eigenvalue weighted by Gasteiger charge is 2.28. The zero-order chi connectivity index (χ0) is 12.8. The molecule has 0 fully saturated rings. The molecule has 2 rings (SSSR count). The van der Waals surface area contributed by atoms with E-state index in [1.54, 1.807) is 11.1 Å². The fourth-order valence-corrected chi connectivity index (χ4v) is 3.08. The molecule has 1 heteroatoms. The fourth-order valence-electron chi connectivity index (χ4n) is 3.08. The molecule has 98 valence electrons. The molecule has 0 aliphatic heterocycles. The first-order valence-corrected chi connectivity index (χ1v) is 7.29. The van der Waals surface area contributed by atoms with Crippen molar-refractivity contribution >= 4 is 0 Å². The zero-order valence-electron chi connectivity index (χ0n) is 11.5. The van der Waals surface area contributed by atoms with Gasteiger partial charge in [0, 0.05) is 6.04 Å². The quantitative estimate of drug-likeness (QED) is 0.712. The van der Waals surface area contributed by atoms with Gasteiger partial charge >= 0.3 is 0 Å². The summed E-state index contributed by atoms with van der Waals surface area (Å²) in [4.78, 5) is 0. The summed E-state index contributed by atoms with van der Waals surface area (Å²) in [6.45, 7) is 7.22. The number of hydrogen-bond donors (Lipinski definition) is 1. The van der Waals surface area contributed by atoms with Crippen molar-refractivity contribution in [3.63, 3.8) is 0 Å². The maximum absolute atomic E-state index is 3.86. The predicted molar refractivity (Wildman–Crippen MR) is 79.0 cm³/mol. The van der Waals surface area contributed by atoms with Gasteiger partial charge in [-0.1, -0.05) is 37.3 Å². The zero-order valence-corrected chi connectivity index (χ0v) is 11.5. The molecule has 2 unspecified atom stereocenters. The predicted octanol–water partition coefficient (Wildman–Crippen LogP) is 4.05. The van der Waals surface area contributed by atoms with E-state index >= 15 is 0 Å². The smallest absolute Gasteiger partial charge is 0.0139 e. The van der Waals surface area contributed by atoms with Crippen LogP contribution in [0.25, 0.3) is 0 Å². The monoisotopic (exact) mass is 243 g/mol. The van der Waals surface area contributed by atoms with E-state index in [1.165, 1.54) is 25.7 Å². The summed E-state index contributed by atoms with van der Waals surface area (Å²) in [6.07, 6.45) is 8.13. The molecule has 2 atom stereocenters. The van der Waals surface area contributed by atoms with E-state index in [-0.39, 0.29) is 0 Å². The van der Waals surface area contributed by atoms with Crippen LogP contribution >= 0.6 is 0 Å². The molecule has 0 spiro atoms. The highest BCUT2D eigenvalue weighted by atomic mass is 14.9. The molecule has 0 saturated heterocycles. The Labute approximate surface area is 111 Å². The Morgan fingerprint density at radius 1 is 1.44 bits per heavy atom. The van der Waals surface area contributed by atoms with Gasteiger partial charge in [-0.05, 0) is 55.7 Å². The molecule has 1 aliphatic rings. The molecule has 0 aromatic heterocycles. The van der Waals surface area contributed by atoms with Gasteiger partial charge in [0.1, 0.15) is 0 Å². The molecule has 1 aromatic carbocycles. The number of aryl methyl sites for hydroxylation is 1. The third-order valence-electron chi connectivity index (χ3n) is 4.00. The Morgan fingerprint density at radius 2 is 2.28 bits per heavy atom. The van der Waals surface area contributed by atoms with Crippen LogP contribution in [-0.2, 0) is 6.42 Å². The topological polar surface area (TPSA) is 12.0 Å². The molecule has 18 heavy (non-hydrogen) atoms. The first-order valence-electron chi connectivity index (χ1n) is 7.29. The molecule has 1 aromatic rings. The number of benzene rings is 1. The maximum atomic E-state index is 3.86. The van der Waals surface area contributed by atoms with Crippen LogP contribution in [0, 0.1) is 0 Å². The second-order valence-corrected chi connectivity index (χ2v) is 5.27. The largest absolute Gasteiger partial charge is 0.313 e. The Morgan fingerprint density at radius 3 is 3.06 bits per heavy atom. The summed E-state index contributed by atoms with van der Waals surface area (Å²) in [7, 11) is 0. The van der Waals surface area contributed by atoms with Crippen LogP contribution in [0.1, 0.15) is 49.7 Å². The van der Waals surface area contributed by atoms with E-state index in [1.807, 2.05) is 6.08 Å². The average molecular weight is 243 g/mol. The van der Waals surface area contributed by atoms with Gasteiger partial charge in [-0.15, -0.1) is 6.58 Å². The van der Waals surface area contributed by atoms with Crippen LogP contribution < -0.4 is 5.32 Å². The van der Waals surface area contributed by atoms with E-state index in [2.05, 4.69) is 43.1 Å². The van der Waals surface area contributed by atoms with Crippen LogP contribution in [0.3, 0.4) is 0 Å². The molecule has 1 aliphatic carbocycles. The number of fused-ring (bicyclic) bond motifs is 1. The summed E-state index contributed by atoms with van der Waals surface area (Å²) in [5, 5.41) is 3.74. The second kappa shape index (κ2) is 6.75. The normalized spacial score (nSPS) is 19.5. The molecular formula is C17H25N. The third kappa shape index (κ3) is 3.02.